The van der Waals surface area contributed by atoms with Crippen LogP contribution >= 0.6 is 0 Å². The van der Waals surface area contributed by atoms with Gasteiger partial charge in [0, 0.05) is 6.04 Å². The first-order chi connectivity index (χ1) is 8.07. The lowest BCUT2D eigenvalue weighted by atomic mass is 9.96. The van der Waals surface area contributed by atoms with E-state index in [0.717, 1.165) is 19.1 Å². The Morgan fingerprint density at radius 1 is 1.00 bits per heavy atom. The van der Waals surface area contributed by atoms with Gasteiger partial charge in [0.15, 0.2) is 5.79 Å². The molecule has 0 aromatic rings. The molecule has 1 aliphatic carbocycles. The van der Waals surface area contributed by atoms with E-state index in [1.54, 1.807) is 0 Å². The predicted molar refractivity (Wildman–Crippen MR) is 68.9 cm³/mol. The summed E-state index contributed by atoms with van der Waals surface area (Å²) in [6, 6.07) is 1.02. The topological polar surface area (TPSA) is 30.5 Å². The fraction of sp³-hybridized carbons (Fsp3) is 1.00. The van der Waals surface area contributed by atoms with E-state index < -0.39 is 5.79 Å². The van der Waals surface area contributed by atoms with Crippen molar-refractivity contribution in [3.8, 4) is 0 Å². The number of nitrogens with one attached hydrogen (secondary N) is 1. The first-order valence-corrected chi connectivity index (χ1v) is 7.11. The second-order valence-electron chi connectivity index (χ2n) is 6.11. The van der Waals surface area contributed by atoms with Gasteiger partial charge in [0.05, 0.1) is 19.3 Å². The van der Waals surface area contributed by atoms with Gasteiger partial charge >= 0.3 is 0 Å². The van der Waals surface area contributed by atoms with Gasteiger partial charge < -0.3 is 14.8 Å². The van der Waals surface area contributed by atoms with E-state index in [-0.39, 0.29) is 0 Å². The fourth-order valence-corrected chi connectivity index (χ4v) is 2.83. The van der Waals surface area contributed by atoms with Crippen molar-refractivity contribution in [3.63, 3.8) is 0 Å². The zero-order valence-corrected chi connectivity index (χ0v) is 11.5. The average Bonchev–Trinajstić information content (AvgIpc) is 2.47. The zero-order chi connectivity index (χ0) is 12.3. The van der Waals surface area contributed by atoms with E-state index in [2.05, 4.69) is 12.2 Å². The predicted octanol–water partition coefficient (Wildman–Crippen LogP) is 2.70. The molecule has 1 heterocycles. The molecule has 1 saturated heterocycles. The molecule has 2 unspecified atom stereocenters. The molecule has 0 aromatic carbocycles. The SMILES string of the molecule is CC1CCCCCC1NC1COC(C)(C)OC1. The number of hydrogen-bond acceptors (Lipinski definition) is 3. The molecule has 0 amide bonds. The van der Waals surface area contributed by atoms with E-state index >= 15 is 0 Å². The van der Waals surface area contributed by atoms with Crippen LogP contribution in [0.2, 0.25) is 0 Å². The molecule has 0 aromatic heterocycles. The van der Waals surface area contributed by atoms with Crippen LogP contribution in [0.25, 0.3) is 0 Å². The lowest BCUT2D eigenvalue weighted by molar-refractivity contribution is -0.253. The molecule has 2 atom stereocenters. The lowest BCUT2D eigenvalue weighted by Crippen LogP contribution is -2.52. The highest BCUT2D eigenvalue weighted by atomic mass is 16.7. The van der Waals surface area contributed by atoms with Crippen LogP contribution in [0.3, 0.4) is 0 Å². The lowest BCUT2D eigenvalue weighted by Gasteiger charge is -2.37. The molecular weight excluding hydrogens is 214 g/mol. The summed E-state index contributed by atoms with van der Waals surface area (Å²) in [6.45, 7) is 7.89. The van der Waals surface area contributed by atoms with Crippen LogP contribution < -0.4 is 5.32 Å². The summed E-state index contributed by atoms with van der Waals surface area (Å²) in [5.74, 6) is 0.389. The van der Waals surface area contributed by atoms with Crippen molar-refractivity contribution in [2.24, 2.45) is 5.92 Å². The maximum atomic E-state index is 5.70. The fourth-order valence-electron chi connectivity index (χ4n) is 2.83. The van der Waals surface area contributed by atoms with Crippen molar-refractivity contribution >= 4 is 0 Å². The van der Waals surface area contributed by atoms with Gasteiger partial charge in [-0.05, 0) is 32.6 Å². The quantitative estimate of drug-likeness (QED) is 0.754. The Balaban J connectivity index is 1.80. The van der Waals surface area contributed by atoms with E-state index in [4.69, 9.17) is 9.47 Å². The summed E-state index contributed by atoms with van der Waals surface area (Å²) in [7, 11) is 0. The molecule has 1 N–H and O–H groups in total. The Morgan fingerprint density at radius 2 is 1.65 bits per heavy atom. The highest BCUT2D eigenvalue weighted by molar-refractivity contribution is 4.82. The third-order valence-electron chi connectivity index (χ3n) is 4.08. The minimum atomic E-state index is -0.396. The van der Waals surface area contributed by atoms with Gasteiger partial charge in [-0.3, -0.25) is 0 Å². The van der Waals surface area contributed by atoms with Crippen LogP contribution in [-0.2, 0) is 9.47 Å². The zero-order valence-electron chi connectivity index (χ0n) is 11.5. The molecule has 1 saturated carbocycles. The van der Waals surface area contributed by atoms with Crippen molar-refractivity contribution in [1.82, 2.24) is 5.32 Å². The monoisotopic (exact) mass is 241 g/mol. The highest BCUT2D eigenvalue weighted by Gasteiger charge is 2.30. The maximum absolute atomic E-state index is 5.70. The van der Waals surface area contributed by atoms with Crippen LogP contribution in [0.4, 0.5) is 0 Å². The van der Waals surface area contributed by atoms with Gasteiger partial charge in [0.2, 0.25) is 0 Å². The van der Waals surface area contributed by atoms with E-state index in [0.29, 0.717) is 12.1 Å². The van der Waals surface area contributed by atoms with Gasteiger partial charge in [0.1, 0.15) is 0 Å². The molecule has 2 fully saturated rings. The molecule has 3 heteroatoms. The summed E-state index contributed by atoms with van der Waals surface area (Å²) >= 11 is 0. The smallest absolute Gasteiger partial charge is 0.162 e. The molecule has 2 aliphatic rings. The second kappa shape index (κ2) is 5.68. The first-order valence-electron chi connectivity index (χ1n) is 7.11. The normalized spacial score (nSPS) is 35.5. The molecule has 3 nitrogen and oxygen atoms in total. The number of rotatable bonds is 2. The van der Waals surface area contributed by atoms with E-state index in [1.807, 2.05) is 13.8 Å². The molecule has 100 valence electrons. The second-order valence-corrected chi connectivity index (χ2v) is 6.11. The minimum Gasteiger partial charge on any atom is -0.349 e. The van der Waals surface area contributed by atoms with Gasteiger partial charge in [-0.25, -0.2) is 0 Å². The summed E-state index contributed by atoms with van der Waals surface area (Å²) in [5, 5.41) is 3.74. The third-order valence-corrected chi connectivity index (χ3v) is 4.08. The van der Waals surface area contributed by atoms with E-state index in [9.17, 15) is 0 Å². The Hall–Kier alpha value is -0.120. The van der Waals surface area contributed by atoms with Crippen LogP contribution in [-0.4, -0.2) is 31.1 Å². The Morgan fingerprint density at radius 3 is 2.35 bits per heavy atom. The van der Waals surface area contributed by atoms with E-state index in [1.165, 1.54) is 32.1 Å². The van der Waals surface area contributed by atoms with Gasteiger partial charge in [0.25, 0.3) is 0 Å². The Kier molecular flexibility index (Phi) is 4.45. The third kappa shape index (κ3) is 3.94. The highest BCUT2D eigenvalue weighted by Crippen LogP contribution is 2.24. The van der Waals surface area contributed by atoms with Crippen molar-refractivity contribution in [3.05, 3.63) is 0 Å². The van der Waals surface area contributed by atoms with Gasteiger partial charge in [-0.1, -0.05) is 26.2 Å². The van der Waals surface area contributed by atoms with Crippen LogP contribution in [0.1, 0.15) is 52.9 Å². The van der Waals surface area contributed by atoms with Crippen molar-refractivity contribution in [2.45, 2.75) is 70.7 Å². The van der Waals surface area contributed by atoms with Crippen molar-refractivity contribution < 1.29 is 9.47 Å². The van der Waals surface area contributed by atoms with Crippen molar-refractivity contribution in [1.29, 1.82) is 0 Å². The molecule has 17 heavy (non-hydrogen) atoms. The summed E-state index contributed by atoms with van der Waals surface area (Å²) < 4.78 is 11.4. The average molecular weight is 241 g/mol. The largest absolute Gasteiger partial charge is 0.349 e. The van der Waals surface area contributed by atoms with Crippen molar-refractivity contribution in [2.75, 3.05) is 13.2 Å². The van der Waals surface area contributed by atoms with Crippen LogP contribution in [0, 0.1) is 5.92 Å². The molecule has 0 bridgehead atoms. The summed E-state index contributed by atoms with van der Waals surface area (Å²) in [4.78, 5) is 0. The Bertz CT molecular complexity index is 232. The van der Waals surface area contributed by atoms with Crippen LogP contribution in [0.5, 0.6) is 0 Å². The minimum absolute atomic E-state index is 0.369. The first kappa shape index (κ1) is 13.3. The summed E-state index contributed by atoms with van der Waals surface area (Å²) in [6.07, 6.45) is 6.82. The summed E-state index contributed by atoms with van der Waals surface area (Å²) in [5.41, 5.74) is 0. The van der Waals surface area contributed by atoms with Crippen LogP contribution in [0.15, 0.2) is 0 Å². The number of hydrogen-bond donors (Lipinski definition) is 1. The number of ether oxygens (including phenoxy) is 2. The Labute approximate surface area is 105 Å². The van der Waals surface area contributed by atoms with Gasteiger partial charge in [-0.15, -0.1) is 0 Å². The standard InChI is InChI=1S/C14H27NO2/c1-11-7-5-4-6-8-13(11)15-12-9-16-14(2,3)17-10-12/h11-13,15H,4-10H2,1-3H3. The molecule has 0 radical (unpaired) electrons. The molecular formula is C14H27NO2. The molecule has 0 spiro atoms. The molecule has 2 rings (SSSR count). The maximum Gasteiger partial charge on any atom is 0.162 e. The van der Waals surface area contributed by atoms with Gasteiger partial charge in [-0.2, -0.15) is 0 Å². The molecule has 1 aliphatic heterocycles.